The largest absolute Gasteiger partial charge is 0.497 e. The van der Waals surface area contributed by atoms with Crippen molar-refractivity contribution in [1.82, 2.24) is 19.4 Å². The number of ether oxygens (including phenoxy) is 3. The predicted octanol–water partition coefficient (Wildman–Crippen LogP) is 3.26. The molecule has 0 spiro atoms. The van der Waals surface area contributed by atoms with E-state index in [1.807, 2.05) is 59.6 Å². The number of carbonyl (C=O) groups is 2. The third-order valence-corrected chi connectivity index (χ3v) is 8.19. The lowest BCUT2D eigenvalue weighted by molar-refractivity contribution is -0.133. The van der Waals surface area contributed by atoms with Crippen LogP contribution in [0.2, 0.25) is 0 Å². The Bertz CT molecular complexity index is 1350. The average Bonchev–Trinajstić information content (AvgIpc) is 3.76. The Morgan fingerprint density at radius 1 is 1.12 bits per heavy atom. The van der Waals surface area contributed by atoms with Gasteiger partial charge in [0.05, 0.1) is 49.8 Å². The fourth-order valence-electron chi connectivity index (χ4n) is 5.13. The first-order valence-electron chi connectivity index (χ1n) is 13.3. The number of methoxy groups -OCH3 is 2. The van der Waals surface area contributed by atoms with Crippen molar-refractivity contribution >= 4 is 28.9 Å². The van der Waals surface area contributed by atoms with Crippen molar-refractivity contribution in [3.05, 3.63) is 70.2 Å². The van der Waals surface area contributed by atoms with Gasteiger partial charge in [-0.05, 0) is 41.8 Å². The second kappa shape index (κ2) is 12.7. The first kappa shape index (κ1) is 27.9. The first-order valence-corrected chi connectivity index (χ1v) is 14.2. The van der Waals surface area contributed by atoms with Crippen LogP contribution in [-0.4, -0.2) is 97.1 Å². The van der Waals surface area contributed by atoms with Gasteiger partial charge in [0.2, 0.25) is 0 Å². The van der Waals surface area contributed by atoms with E-state index in [-0.39, 0.29) is 18.4 Å². The zero-order valence-corrected chi connectivity index (χ0v) is 23.9. The Morgan fingerprint density at radius 3 is 2.62 bits per heavy atom. The second-order valence-electron chi connectivity index (χ2n) is 9.78. The Kier molecular flexibility index (Phi) is 8.83. The summed E-state index contributed by atoms with van der Waals surface area (Å²) < 4.78 is 18.6. The summed E-state index contributed by atoms with van der Waals surface area (Å²) in [4.78, 5) is 32.0. The molecule has 1 fully saturated rings. The molecule has 4 heterocycles. The predicted molar refractivity (Wildman–Crippen MR) is 153 cm³/mol. The summed E-state index contributed by atoms with van der Waals surface area (Å²) in [5, 5.41) is 8.22. The smallest absolute Gasteiger partial charge is 0.264 e. The molecule has 0 N–H and O–H groups in total. The van der Waals surface area contributed by atoms with Crippen molar-refractivity contribution in [2.75, 3.05) is 60.2 Å². The molecule has 0 bridgehead atoms. The molecule has 2 aromatic heterocycles. The molecule has 212 valence electrons. The van der Waals surface area contributed by atoms with E-state index in [9.17, 15) is 9.59 Å². The highest BCUT2D eigenvalue weighted by Gasteiger charge is 2.37. The molecule has 2 aliphatic heterocycles. The lowest BCUT2D eigenvalue weighted by atomic mass is 9.99. The molecule has 11 heteroatoms. The molecule has 0 radical (unpaired) electrons. The summed E-state index contributed by atoms with van der Waals surface area (Å²) in [5.74, 6) is 0.894. The fourth-order valence-corrected chi connectivity index (χ4v) is 5.82. The summed E-state index contributed by atoms with van der Waals surface area (Å²) >= 11 is 1.38. The molecule has 1 aromatic carbocycles. The standard InChI is InChI=1S/C29H35N5O5S/c1-31-10-4-6-24(31)23-19-25(22-18-21(37-2)8-9-26(22)38-3)34(30-23)28(35)20-33(29(36)27-7-5-17-40-27)12-11-32-13-15-39-16-14-32/h4-10,17-18,25H,11-16,19-20H2,1-3H3/t25-/m0/s1. The van der Waals surface area contributed by atoms with Crippen LogP contribution in [-0.2, 0) is 16.6 Å². The normalized spacial score (nSPS) is 17.5. The minimum Gasteiger partial charge on any atom is -0.497 e. The van der Waals surface area contributed by atoms with Crippen LogP contribution in [0.3, 0.4) is 0 Å². The summed E-state index contributed by atoms with van der Waals surface area (Å²) in [6.07, 6.45) is 2.45. The quantitative estimate of drug-likeness (QED) is 0.375. The molecule has 1 saturated heterocycles. The maximum atomic E-state index is 14.0. The van der Waals surface area contributed by atoms with E-state index in [0.717, 1.165) is 30.1 Å². The zero-order valence-electron chi connectivity index (χ0n) is 23.1. The zero-order chi connectivity index (χ0) is 28.1. The minimum atomic E-state index is -0.416. The van der Waals surface area contributed by atoms with Gasteiger partial charge in [-0.2, -0.15) is 5.10 Å². The van der Waals surface area contributed by atoms with Gasteiger partial charge in [0.1, 0.15) is 18.0 Å². The maximum absolute atomic E-state index is 14.0. The number of benzene rings is 1. The number of nitrogens with zero attached hydrogens (tertiary/aromatic N) is 5. The van der Waals surface area contributed by atoms with Crippen molar-refractivity contribution in [2.45, 2.75) is 12.5 Å². The SMILES string of the molecule is COc1ccc(OC)c([C@@H]2CC(c3cccn3C)=NN2C(=O)CN(CCN2CCOCC2)C(=O)c2cccs2)c1. The van der Waals surface area contributed by atoms with Gasteiger partial charge in [0.25, 0.3) is 11.8 Å². The van der Waals surface area contributed by atoms with Crippen molar-refractivity contribution in [2.24, 2.45) is 12.1 Å². The van der Waals surface area contributed by atoms with Crippen molar-refractivity contribution in [3.63, 3.8) is 0 Å². The third-order valence-electron chi connectivity index (χ3n) is 7.34. The fraction of sp³-hybridized carbons (Fsp3) is 0.414. The Balaban J connectivity index is 1.44. The maximum Gasteiger partial charge on any atom is 0.264 e. The topological polar surface area (TPSA) is 88.8 Å². The monoisotopic (exact) mass is 565 g/mol. The molecule has 5 rings (SSSR count). The van der Waals surface area contributed by atoms with E-state index >= 15 is 0 Å². The van der Waals surface area contributed by atoms with Crippen LogP contribution < -0.4 is 9.47 Å². The number of rotatable bonds is 10. The van der Waals surface area contributed by atoms with Gasteiger partial charge < -0.3 is 23.7 Å². The molecule has 0 unspecified atom stereocenters. The third kappa shape index (κ3) is 6.06. The number of morpholine rings is 1. The molecule has 0 aliphatic carbocycles. The number of aromatic nitrogens is 1. The number of thiophene rings is 1. The second-order valence-corrected chi connectivity index (χ2v) is 10.7. The first-order chi connectivity index (χ1) is 19.5. The van der Waals surface area contributed by atoms with Crippen LogP contribution in [0.5, 0.6) is 11.5 Å². The number of carbonyl (C=O) groups excluding carboxylic acids is 2. The van der Waals surface area contributed by atoms with Crippen LogP contribution >= 0.6 is 11.3 Å². The number of aryl methyl sites for hydroxylation is 1. The molecule has 40 heavy (non-hydrogen) atoms. The van der Waals surface area contributed by atoms with Crippen LogP contribution in [0.1, 0.15) is 33.4 Å². The number of hydrazone groups is 1. The van der Waals surface area contributed by atoms with Crippen LogP contribution in [0.15, 0.2) is 59.1 Å². The van der Waals surface area contributed by atoms with Crippen molar-refractivity contribution in [3.8, 4) is 11.5 Å². The van der Waals surface area contributed by atoms with Gasteiger partial charge in [0.15, 0.2) is 0 Å². The van der Waals surface area contributed by atoms with Gasteiger partial charge in [-0.25, -0.2) is 5.01 Å². The van der Waals surface area contributed by atoms with Gasteiger partial charge >= 0.3 is 0 Å². The van der Waals surface area contributed by atoms with Crippen LogP contribution in [0.4, 0.5) is 0 Å². The van der Waals surface area contributed by atoms with Crippen molar-refractivity contribution < 1.29 is 23.8 Å². The average molecular weight is 566 g/mol. The van der Waals surface area contributed by atoms with Crippen LogP contribution in [0, 0.1) is 0 Å². The molecular formula is C29H35N5O5S. The Morgan fingerprint density at radius 2 is 1.95 bits per heavy atom. The van der Waals surface area contributed by atoms with Crippen LogP contribution in [0.25, 0.3) is 0 Å². The minimum absolute atomic E-state index is 0.0895. The molecule has 2 amide bonds. The summed E-state index contributed by atoms with van der Waals surface area (Å²) in [6, 6.07) is 12.7. The van der Waals surface area contributed by atoms with Gasteiger partial charge in [-0.15, -0.1) is 11.3 Å². The number of hydrogen-bond acceptors (Lipinski definition) is 8. The van der Waals surface area contributed by atoms with Crippen molar-refractivity contribution in [1.29, 1.82) is 0 Å². The lowest BCUT2D eigenvalue weighted by Gasteiger charge is -2.31. The van der Waals surface area contributed by atoms with E-state index in [4.69, 9.17) is 19.3 Å². The van der Waals surface area contributed by atoms with Gasteiger partial charge in [-0.1, -0.05) is 6.07 Å². The van der Waals surface area contributed by atoms with Gasteiger partial charge in [-0.3, -0.25) is 14.5 Å². The van der Waals surface area contributed by atoms with E-state index < -0.39 is 6.04 Å². The molecule has 1 atom stereocenters. The summed E-state index contributed by atoms with van der Waals surface area (Å²) in [6.45, 7) is 3.97. The van der Waals surface area contributed by atoms with E-state index in [1.165, 1.54) is 16.3 Å². The highest BCUT2D eigenvalue weighted by molar-refractivity contribution is 7.12. The highest BCUT2D eigenvalue weighted by atomic mass is 32.1. The summed E-state index contributed by atoms with van der Waals surface area (Å²) in [5.41, 5.74) is 2.52. The molecule has 3 aromatic rings. The van der Waals surface area contributed by atoms with E-state index in [1.54, 1.807) is 25.2 Å². The Labute approximate surface area is 238 Å². The number of amides is 2. The molecular weight excluding hydrogens is 530 g/mol. The number of hydrogen-bond donors (Lipinski definition) is 0. The highest BCUT2D eigenvalue weighted by Crippen LogP contribution is 2.39. The Hall–Kier alpha value is -3.67. The molecule has 0 saturated carbocycles. The van der Waals surface area contributed by atoms with E-state index in [2.05, 4.69) is 4.90 Å². The summed E-state index contributed by atoms with van der Waals surface area (Å²) in [7, 11) is 5.17. The molecule has 10 nitrogen and oxygen atoms in total. The molecule has 2 aliphatic rings. The lowest BCUT2D eigenvalue weighted by Crippen LogP contribution is -2.46. The van der Waals surface area contributed by atoms with Gasteiger partial charge in [0, 0.05) is 51.4 Å². The van der Waals surface area contributed by atoms with E-state index in [0.29, 0.717) is 49.1 Å².